The van der Waals surface area contributed by atoms with Crippen molar-refractivity contribution in [1.82, 2.24) is 29.9 Å². The van der Waals surface area contributed by atoms with E-state index in [0.29, 0.717) is 58.3 Å². The van der Waals surface area contributed by atoms with Crippen molar-refractivity contribution in [2.24, 2.45) is 0 Å². The molecule has 150 valence electrons. The van der Waals surface area contributed by atoms with E-state index in [-0.39, 0.29) is 17.9 Å². The lowest BCUT2D eigenvalue weighted by Gasteiger charge is -2.30. The summed E-state index contributed by atoms with van der Waals surface area (Å²) in [6, 6.07) is 0.557. The number of rotatable bonds is 8. The van der Waals surface area contributed by atoms with Crippen LogP contribution in [0, 0.1) is 0 Å². The minimum absolute atomic E-state index is 0.0661. The van der Waals surface area contributed by atoms with Crippen molar-refractivity contribution >= 4 is 11.8 Å². The second kappa shape index (κ2) is 9.80. The maximum atomic E-state index is 12.5. The molecule has 2 amide bonds. The molecule has 3 heterocycles. The second-order valence-corrected chi connectivity index (χ2v) is 7.31. The highest BCUT2D eigenvalue weighted by molar-refractivity contribution is 5.77. The molecule has 0 saturated carbocycles. The van der Waals surface area contributed by atoms with Gasteiger partial charge in [0.05, 0.1) is 13.2 Å². The molecule has 27 heavy (non-hydrogen) atoms. The van der Waals surface area contributed by atoms with Crippen LogP contribution in [0.15, 0.2) is 12.7 Å². The fraction of sp³-hybridized carbons (Fsp3) is 0.778. The summed E-state index contributed by atoms with van der Waals surface area (Å²) in [6.07, 6.45) is 6.94. The molecule has 0 aliphatic carbocycles. The molecule has 2 aliphatic rings. The number of hydrogen-bond acceptors (Lipinski definition) is 6. The predicted octanol–water partition coefficient (Wildman–Crippen LogP) is -0.114. The monoisotopic (exact) mass is 378 g/mol. The highest BCUT2D eigenvalue weighted by Crippen LogP contribution is 2.25. The molecule has 0 spiro atoms. The summed E-state index contributed by atoms with van der Waals surface area (Å²) in [4.78, 5) is 32.6. The molecule has 2 aliphatic heterocycles. The summed E-state index contributed by atoms with van der Waals surface area (Å²) in [5.41, 5.74) is 0. The zero-order valence-electron chi connectivity index (χ0n) is 16.0. The van der Waals surface area contributed by atoms with Crippen LogP contribution in [0.25, 0.3) is 0 Å². The van der Waals surface area contributed by atoms with Gasteiger partial charge in [0.2, 0.25) is 11.8 Å². The van der Waals surface area contributed by atoms with Gasteiger partial charge in [-0.1, -0.05) is 0 Å². The Morgan fingerprint density at radius 2 is 2.00 bits per heavy atom. The van der Waals surface area contributed by atoms with E-state index in [1.165, 1.54) is 6.33 Å². The molecule has 9 nitrogen and oxygen atoms in total. The first kappa shape index (κ1) is 19.8. The lowest BCUT2D eigenvalue weighted by Crippen LogP contribution is -2.45. The van der Waals surface area contributed by atoms with Crippen LogP contribution in [0.3, 0.4) is 0 Å². The van der Waals surface area contributed by atoms with Gasteiger partial charge in [0, 0.05) is 51.1 Å². The molecule has 3 rings (SSSR count). The fourth-order valence-electron chi connectivity index (χ4n) is 3.80. The Hall–Kier alpha value is -2.00. The number of ether oxygens (including phenoxy) is 1. The average Bonchev–Trinajstić information content (AvgIpc) is 3.32. The number of amides is 2. The number of nitrogens with zero attached hydrogens (tertiary/aromatic N) is 5. The fourth-order valence-corrected chi connectivity index (χ4v) is 3.80. The van der Waals surface area contributed by atoms with Gasteiger partial charge in [-0.2, -0.15) is 5.10 Å². The van der Waals surface area contributed by atoms with Crippen molar-refractivity contribution in [2.75, 3.05) is 39.9 Å². The quantitative estimate of drug-likeness (QED) is 0.678. The number of nitrogens with one attached hydrogen (secondary N) is 1. The molecular formula is C18H30N6O3. The number of aryl methyl sites for hydroxylation is 1. The molecule has 0 unspecified atom stereocenters. The van der Waals surface area contributed by atoms with Crippen molar-refractivity contribution in [3.8, 4) is 0 Å². The van der Waals surface area contributed by atoms with E-state index < -0.39 is 0 Å². The van der Waals surface area contributed by atoms with Gasteiger partial charge in [-0.05, 0) is 26.3 Å². The van der Waals surface area contributed by atoms with Gasteiger partial charge in [0.1, 0.15) is 12.7 Å². The van der Waals surface area contributed by atoms with E-state index in [0.717, 1.165) is 19.3 Å². The van der Waals surface area contributed by atoms with Crippen molar-refractivity contribution < 1.29 is 14.3 Å². The molecule has 0 bridgehead atoms. The number of morpholine rings is 1. The SMILES string of the molecule is CN1[C@@H](CC(=O)N2CCOCC2)CC[C@H]1CNC(=O)CCCn1cncn1. The third kappa shape index (κ3) is 5.74. The summed E-state index contributed by atoms with van der Waals surface area (Å²) < 4.78 is 7.04. The Morgan fingerprint density at radius 1 is 1.22 bits per heavy atom. The van der Waals surface area contributed by atoms with Crippen molar-refractivity contribution in [1.29, 1.82) is 0 Å². The Balaban J connectivity index is 1.33. The van der Waals surface area contributed by atoms with Crippen LogP contribution in [0.5, 0.6) is 0 Å². The highest BCUT2D eigenvalue weighted by atomic mass is 16.5. The summed E-state index contributed by atoms with van der Waals surface area (Å²) >= 11 is 0. The van der Waals surface area contributed by atoms with Crippen molar-refractivity contribution in [3.63, 3.8) is 0 Å². The maximum absolute atomic E-state index is 12.5. The highest BCUT2D eigenvalue weighted by Gasteiger charge is 2.33. The lowest BCUT2D eigenvalue weighted by atomic mass is 10.1. The predicted molar refractivity (Wildman–Crippen MR) is 98.9 cm³/mol. The van der Waals surface area contributed by atoms with Crippen molar-refractivity contribution in [2.45, 2.75) is 50.7 Å². The first-order chi connectivity index (χ1) is 13.1. The second-order valence-electron chi connectivity index (χ2n) is 7.31. The number of carbonyl (C=O) groups is 2. The zero-order chi connectivity index (χ0) is 19.1. The Kier molecular flexibility index (Phi) is 7.17. The normalized spacial score (nSPS) is 23.5. The number of aromatic nitrogens is 3. The van der Waals surface area contributed by atoms with Crippen LogP contribution in [0.2, 0.25) is 0 Å². The van der Waals surface area contributed by atoms with Gasteiger partial charge in [0.25, 0.3) is 0 Å². The molecule has 2 atom stereocenters. The maximum Gasteiger partial charge on any atom is 0.224 e. The van der Waals surface area contributed by atoms with Crippen LogP contribution >= 0.6 is 0 Å². The molecule has 2 saturated heterocycles. The molecular weight excluding hydrogens is 348 g/mol. The van der Waals surface area contributed by atoms with Crippen LogP contribution in [-0.2, 0) is 20.9 Å². The van der Waals surface area contributed by atoms with E-state index in [9.17, 15) is 9.59 Å². The van der Waals surface area contributed by atoms with Gasteiger partial charge >= 0.3 is 0 Å². The van der Waals surface area contributed by atoms with Crippen LogP contribution in [0.4, 0.5) is 0 Å². The third-order valence-electron chi connectivity index (χ3n) is 5.55. The van der Waals surface area contributed by atoms with E-state index in [4.69, 9.17) is 4.74 Å². The molecule has 2 fully saturated rings. The standard InChI is InChI=1S/C18H30N6O3/c1-22-15(11-18(26)23-7-9-27-10-8-23)4-5-16(22)12-20-17(25)3-2-6-24-14-19-13-21-24/h13-16H,2-12H2,1H3,(H,20,25)/t15-,16+/m1/s1. The topological polar surface area (TPSA) is 92.6 Å². The van der Waals surface area contributed by atoms with Crippen LogP contribution in [-0.4, -0.2) is 88.4 Å². The van der Waals surface area contributed by atoms with Gasteiger partial charge in [-0.25, -0.2) is 4.98 Å². The van der Waals surface area contributed by atoms with E-state index in [2.05, 4.69) is 27.3 Å². The third-order valence-corrected chi connectivity index (χ3v) is 5.55. The molecule has 1 N–H and O–H groups in total. The minimum atomic E-state index is 0.0661. The van der Waals surface area contributed by atoms with E-state index in [1.54, 1.807) is 11.0 Å². The number of likely N-dealkylation sites (N-methyl/N-ethyl adjacent to an activating group) is 1. The smallest absolute Gasteiger partial charge is 0.224 e. The Labute approximate surface area is 160 Å². The number of hydrogen-bond donors (Lipinski definition) is 1. The summed E-state index contributed by atoms with van der Waals surface area (Å²) in [5, 5.41) is 7.06. The number of carbonyl (C=O) groups excluding carboxylic acids is 2. The summed E-state index contributed by atoms with van der Waals surface area (Å²) in [6.45, 7) is 4.01. The first-order valence-electron chi connectivity index (χ1n) is 9.80. The van der Waals surface area contributed by atoms with E-state index in [1.807, 2.05) is 4.90 Å². The molecule has 1 aromatic rings. The summed E-state index contributed by atoms with van der Waals surface area (Å²) in [7, 11) is 2.06. The molecule has 0 radical (unpaired) electrons. The van der Waals surface area contributed by atoms with Gasteiger partial charge in [-0.3, -0.25) is 19.2 Å². The zero-order valence-corrected chi connectivity index (χ0v) is 16.0. The van der Waals surface area contributed by atoms with E-state index >= 15 is 0 Å². The van der Waals surface area contributed by atoms with Crippen molar-refractivity contribution in [3.05, 3.63) is 12.7 Å². The number of likely N-dealkylation sites (tertiary alicyclic amines) is 1. The average molecular weight is 378 g/mol. The Bertz CT molecular complexity index is 602. The van der Waals surface area contributed by atoms with Crippen LogP contribution < -0.4 is 5.32 Å². The van der Waals surface area contributed by atoms with Gasteiger partial charge in [0.15, 0.2) is 0 Å². The molecule has 1 aromatic heterocycles. The van der Waals surface area contributed by atoms with Crippen LogP contribution in [0.1, 0.15) is 32.1 Å². The van der Waals surface area contributed by atoms with Gasteiger partial charge in [-0.15, -0.1) is 0 Å². The largest absolute Gasteiger partial charge is 0.378 e. The summed E-state index contributed by atoms with van der Waals surface area (Å²) in [5.74, 6) is 0.282. The lowest BCUT2D eigenvalue weighted by molar-refractivity contribution is -0.136. The first-order valence-corrected chi connectivity index (χ1v) is 9.80. The molecule has 0 aromatic carbocycles. The van der Waals surface area contributed by atoms with Gasteiger partial charge < -0.3 is 15.0 Å². The minimum Gasteiger partial charge on any atom is -0.378 e. The Morgan fingerprint density at radius 3 is 2.74 bits per heavy atom. The molecule has 9 heteroatoms.